The Morgan fingerprint density at radius 3 is 2.70 bits per heavy atom. The summed E-state index contributed by atoms with van der Waals surface area (Å²) in [7, 11) is 3.26. The average Bonchev–Trinajstić information content (AvgIpc) is 2.89. The fourth-order valence-corrected chi connectivity index (χ4v) is 3.61. The summed E-state index contributed by atoms with van der Waals surface area (Å²) in [4.78, 5) is 1.24. The van der Waals surface area contributed by atoms with Crippen LogP contribution >= 0.6 is 27.3 Å². The number of hydrazine groups is 1. The summed E-state index contributed by atoms with van der Waals surface area (Å²) in [6, 6.07) is 7.87. The molecule has 0 aliphatic rings. The predicted octanol–water partition coefficient (Wildman–Crippen LogP) is 3.27. The number of rotatable bonds is 6. The molecule has 1 atom stereocenters. The van der Waals surface area contributed by atoms with Gasteiger partial charge >= 0.3 is 0 Å². The fourth-order valence-electron chi connectivity index (χ4n) is 2.11. The zero-order valence-electron chi connectivity index (χ0n) is 11.4. The van der Waals surface area contributed by atoms with Crippen LogP contribution in [0.5, 0.6) is 11.5 Å². The third kappa shape index (κ3) is 3.32. The number of benzene rings is 1. The van der Waals surface area contributed by atoms with Crippen LogP contribution in [0.2, 0.25) is 0 Å². The molecule has 0 saturated heterocycles. The quantitative estimate of drug-likeness (QED) is 0.615. The molecule has 3 N–H and O–H groups in total. The van der Waals surface area contributed by atoms with Crippen molar-refractivity contribution < 1.29 is 9.47 Å². The second kappa shape index (κ2) is 7.08. The molecule has 2 aromatic rings. The van der Waals surface area contributed by atoms with Gasteiger partial charge in [0.05, 0.1) is 20.3 Å². The minimum Gasteiger partial charge on any atom is -0.493 e. The Kier molecular flexibility index (Phi) is 5.42. The molecule has 0 aliphatic carbocycles. The van der Waals surface area contributed by atoms with Gasteiger partial charge in [0.2, 0.25) is 0 Å². The van der Waals surface area contributed by atoms with E-state index in [1.165, 1.54) is 4.88 Å². The molecule has 0 spiro atoms. The molecule has 0 amide bonds. The first-order chi connectivity index (χ1) is 9.69. The van der Waals surface area contributed by atoms with E-state index in [0.29, 0.717) is 11.5 Å². The molecule has 0 radical (unpaired) electrons. The van der Waals surface area contributed by atoms with E-state index in [0.717, 1.165) is 16.5 Å². The fraction of sp³-hybridized carbons (Fsp3) is 0.286. The molecule has 1 unspecified atom stereocenters. The Morgan fingerprint density at radius 2 is 2.15 bits per heavy atom. The highest BCUT2D eigenvalue weighted by atomic mass is 79.9. The molecule has 1 heterocycles. The topological polar surface area (TPSA) is 56.5 Å². The minimum absolute atomic E-state index is 0.0365. The molecule has 108 valence electrons. The average molecular weight is 357 g/mol. The predicted molar refractivity (Wildman–Crippen MR) is 85.3 cm³/mol. The SMILES string of the molecule is COc1cccc(C(Cc2cc(Br)cs2)NN)c1OC. The lowest BCUT2D eigenvalue weighted by atomic mass is 10.0. The number of methoxy groups -OCH3 is 2. The molecular formula is C14H17BrN2O2S. The van der Waals surface area contributed by atoms with Crippen molar-refractivity contribution in [3.05, 3.63) is 44.6 Å². The standard InChI is InChI=1S/C14H17BrN2O2S/c1-18-13-5-3-4-11(14(13)19-2)12(17-16)7-10-6-9(15)8-20-10/h3-6,8,12,17H,7,16H2,1-2H3. The molecule has 6 heteroatoms. The summed E-state index contributed by atoms with van der Waals surface area (Å²) >= 11 is 5.16. The Bertz CT molecular complexity index is 574. The van der Waals surface area contributed by atoms with Crippen LogP contribution in [0.25, 0.3) is 0 Å². The molecular weight excluding hydrogens is 340 g/mol. The Labute approximate surface area is 131 Å². The zero-order valence-corrected chi connectivity index (χ0v) is 13.8. The second-order valence-electron chi connectivity index (χ2n) is 4.24. The van der Waals surface area contributed by atoms with Crippen molar-refractivity contribution in [2.24, 2.45) is 5.84 Å². The van der Waals surface area contributed by atoms with Gasteiger partial charge in [0, 0.05) is 26.7 Å². The summed E-state index contributed by atoms with van der Waals surface area (Å²) in [6.45, 7) is 0. The smallest absolute Gasteiger partial charge is 0.165 e. The van der Waals surface area contributed by atoms with E-state index in [-0.39, 0.29) is 6.04 Å². The maximum atomic E-state index is 5.72. The summed E-state index contributed by atoms with van der Waals surface area (Å²) < 4.78 is 11.9. The van der Waals surface area contributed by atoms with E-state index >= 15 is 0 Å². The Morgan fingerprint density at radius 1 is 1.35 bits per heavy atom. The number of para-hydroxylation sites is 1. The third-order valence-electron chi connectivity index (χ3n) is 3.04. The first-order valence-corrected chi connectivity index (χ1v) is 7.76. The van der Waals surface area contributed by atoms with Gasteiger partial charge in [-0.15, -0.1) is 11.3 Å². The summed E-state index contributed by atoms with van der Waals surface area (Å²) in [5.41, 5.74) is 3.84. The van der Waals surface area contributed by atoms with Gasteiger partial charge in [0.1, 0.15) is 0 Å². The van der Waals surface area contributed by atoms with Gasteiger partial charge in [-0.1, -0.05) is 12.1 Å². The van der Waals surface area contributed by atoms with Crippen LogP contribution in [0, 0.1) is 0 Å². The van der Waals surface area contributed by atoms with E-state index in [1.807, 2.05) is 18.2 Å². The van der Waals surface area contributed by atoms with Crippen LogP contribution in [0.1, 0.15) is 16.5 Å². The van der Waals surface area contributed by atoms with Crippen molar-refractivity contribution in [1.29, 1.82) is 0 Å². The highest BCUT2D eigenvalue weighted by molar-refractivity contribution is 9.10. The monoisotopic (exact) mass is 356 g/mol. The van der Waals surface area contributed by atoms with Crippen LogP contribution in [-0.2, 0) is 6.42 Å². The number of hydrogen-bond acceptors (Lipinski definition) is 5. The number of ether oxygens (including phenoxy) is 2. The van der Waals surface area contributed by atoms with Crippen molar-refractivity contribution in [1.82, 2.24) is 5.43 Å². The van der Waals surface area contributed by atoms with Crippen molar-refractivity contribution in [2.75, 3.05) is 14.2 Å². The first kappa shape index (κ1) is 15.3. The maximum Gasteiger partial charge on any atom is 0.165 e. The van der Waals surface area contributed by atoms with E-state index < -0.39 is 0 Å². The van der Waals surface area contributed by atoms with Crippen LogP contribution in [0.3, 0.4) is 0 Å². The highest BCUT2D eigenvalue weighted by Crippen LogP contribution is 2.36. The minimum atomic E-state index is -0.0365. The van der Waals surface area contributed by atoms with E-state index in [9.17, 15) is 0 Å². The van der Waals surface area contributed by atoms with Gasteiger partial charge in [-0.3, -0.25) is 11.3 Å². The number of halogens is 1. The molecule has 2 rings (SSSR count). The molecule has 4 nitrogen and oxygen atoms in total. The van der Waals surface area contributed by atoms with Gasteiger partial charge in [0.15, 0.2) is 11.5 Å². The van der Waals surface area contributed by atoms with Gasteiger partial charge in [-0.25, -0.2) is 0 Å². The van der Waals surface area contributed by atoms with Gasteiger partial charge in [-0.05, 0) is 28.1 Å². The number of thiophene rings is 1. The summed E-state index contributed by atoms with van der Waals surface area (Å²) in [6.07, 6.45) is 0.788. The molecule has 1 aromatic heterocycles. The molecule has 0 bridgehead atoms. The molecule has 0 saturated carbocycles. The van der Waals surface area contributed by atoms with Crippen LogP contribution < -0.4 is 20.7 Å². The van der Waals surface area contributed by atoms with Gasteiger partial charge < -0.3 is 9.47 Å². The number of nitrogens with two attached hydrogens (primary N) is 1. The second-order valence-corrected chi connectivity index (χ2v) is 6.15. The van der Waals surface area contributed by atoms with Crippen molar-refractivity contribution >= 4 is 27.3 Å². The normalized spacial score (nSPS) is 12.2. The molecule has 0 aliphatic heterocycles. The summed E-state index contributed by atoms with van der Waals surface area (Å²) in [5.74, 6) is 7.14. The lowest BCUT2D eigenvalue weighted by Crippen LogP contribution is -2.29. The van der Waals surface area contributed by atoms with Crippen molar-refractivity contribution in [2.45, 2.75) is 12.5 Å². The van der Waals surface area contributed by atoms with Crippen LogP contribution in [0.15, 0.2) is 34.1 Å². The number of nitrogens with one attached hydrogen (secondary N) is 1. The van der Waals surface area contributed by atoms with Crippen molar-refractivity contribution in [3.8, 4) is 11.5 Å². The van der Waals surface area contributed by atoms with E-state index in [2.05, 4.69) is 32.8 Å². The number of hydrogen-bond donors (Lipinski definition) is 2. The first-order valence-electron chi connectivity index (χ1n) is 6.09. The molecule has 0 fully saturated rings. The van der Waals surface area contributed by atoms with E-state index in [4.69, 9.17) is 15.3 Å². The molecule has 20 heavy (non-hydrogen) atoms. The largest absolute Gasteiger partial charge is 0.493 e. The van der Waals surface area contributed by atoms with Crippen molar-refractivity contribution in [3.63, 3.8) is 0 Å². The maximum absolute atomic E-state index is 5.72. The highest BCUT2D eigenvalue weighted by Gasteiger charge is 2.19. The summed E-state index contributed by atoms with van der Waals surface area (Å²) in [5, 5.41) is 2.06. The third-order valence-corrected chi connectivity index (χ3v) is 4.76. The molecule has 1 aromatic carbocycles. The van der Waals surface area contributed by atoms with Gasteiger partial charge in [0.25, 0.3) is 0 Å². The van der Waals surface area contributed by atoms with Gasteiger partial charge in [-0.2, -0.15) is 0 Å². The Hall–Kier alpha value is -1.08. The van der Waals surface area contributed by atoms with E-state index in [1.54, 1.807) is 25.6 Å². The lowest BCUT2D eigenvalue weighted by Gasteiger charge is -2.20. The Balaban J connectivity index is 2.31. The lowest BCUT2D eigenvalue weighted by molar-refractivity contribution is 0.346. The van der Waals surface area contributed by atoms with Crippen LogP contribution in [-0.4, -0.2) is 14.2 Å². The van der Waals surface area contributed by atoms with Crippen LogP contribution in [0.4, 0.5) is 0 Å². The zero-order chi connectivity index (χ0) is 14.5.